The fourth-order valence-corrected chi connectivity index (χ4v) is 3.12. The predicted molar refractivity (Wildman–Crippen MR) is 98.5 cm³/mol. The van der Waals surface area contributed by atoms with Gasteiger partial charge in [0.25, 0.3) is 5.91 Å². The number of hydrogen-bond acceptors (Lipinski definition) is 5. The number of anilines is 1. The molecule has 2 heterocycles. The van der Waals surface area contributed by atoms with Crippen molar-refractivity contribution < 1.29 is 14.3 Å². The van der Waals surface area contributed by atoms with Crippen LogP contribution in [0.5, 0.6) is 11.5 Å². The average Bonchev–Trinajstić information content (AvgIpc) is 2.94. The van der Waals surface area contributed by atoms with Gasteiger partial charge in [-0.15, -0.1) is 0 Å². The number of ether oxygens (including phenoxy) is 2. The highest BCUT2D eigenvalue weighted by Crippen LogP contribution is 2.41. The number of benzene rings is 2. The van der Waals surface area contributed by atoms with Crippen molar-refractivity contribution >= 4 is 22.6 Å². The molecular formula is C20H19N3O3. The van der Waals surface area contributed by atoms with E-state index in [1.807, 2.05) is 56.3 Å². The number of fused-ring (bicyclic) bond motifs is 2. The van der Waals surface area contributed by atoms with Gasteiger partial charge in [0, 0.05) is 17.4 Å². The summed E-state index contributed by atoms with van der Waals surface area (Å²) in [7, 11) is 0. The SMILES string of the molecule is CC1(C)Cc2cccc(OCC(=O)Nc3ncnc4ccccc34)c2O1. The summed E-state index contributed by atoms with van der Waals surface area (Å²) in [6.07, 6.45) is 2.25. The van der Waals surface area contributed by atoms with Gasteiger partial charge < -0.3 is 14.8 Å². The van der Waals surface area contributed by atoms with Gasteiger partial charge in [0.05, 0.1) is 5.52 Å². The summed E-state index contributed by atoms with van der Waals surface area (Å²) in [5, 5.41) is 3.57. The molecule has 0 unspecified atom stereocenters. The van der Waals surface area contributed by atoms with Gasteiger partial charge in [-0.05, 0) is 32.0 Å². The average molecular weight is 349 g/mol. The molecule has 2 aromatic carbocycles. The largest absolute Gasteiger partial charge is 0.483 e. The third kappa shape index (κ3) is 3.18. The van der Waals surface area contributed by atoms with Crippen molar-refractivity contribution in [1.29, 1.82) is 0 Å². The van der Waals surface area contributed by atoms with Crippen molar-refractivity contribution in [2.24, 2.45) is 0 Å². The first-order chi connectivity index (χ1) is 12.5. The maximum Gasteiger partial charge on any atom is 0.263 e. The lowest BCUT2D eigenvalue weighted by molar-refractivity contribution is -0.118. The molecule has 6 heteroatoms. The first kappa shape index (κ1) is 16.3. The number of amides is 1. The van der Waals surface area contributed by atoms with Crippen molar-refractivity contribution in [3.63, 3.8) is 0 Å². The lowest BCUT2D eigenvalue weighted by Crippen LogP contribution is -2.25. The van der Waals surface area contributed by atoms with Crippen molar-refractivity contribution in [2.75, 3.05) is 11.9 Å². The molecule has 1 N–H and O–H groups in total. The van der Waals surface area contributed by atoms with E-state index in [1.165, 1.54) is 6.33 Å². The molecule has 0 saturated heterocycles. The molecule has 0 bridgehead atoms. The fraction of sp³-hybridized carbons (Fsp3) is 0.250. The highest BCUT2D eigenvalue weighted by atomic mass is 16.5. The van der Waals surface area contributed by atoms with E-state index in [2.05, 4.69) is 15.3 Å². The first-order valence-corrected chi connectivity index (χ1v) is 8.45. The van der Waals surface area contributed by atoms with Crippen LogP contribution in [0, 0.1) is 0 Å². The molecule has 0 spiro atoms. The van der Waals surface area contributed by atoms with Crippen LogP contribution in [0.15, 0.2) is 48.8 Å². The molecule has 0 radical (unpaired) electrons. The third-order valence-electron chi connectivity index (χ3n) is 4.21. The van der Waals surface area contributed by atoms with Crippen LogP contribution in [0.3, 0.4) is 0 Å². The van der Waals surface area contributed by atoms with E-state index in [0.717, 1.165) is 28.6 Å². The molecule has 4 rings (SSSR count). The van der Waals surface area contributed by atoms with Crippen molar-refractivity contribution in [3.8, 4) is 11.5 Å². The quantitative estimate of drug-likeness (QED) is 0.782. The number of carbonyl (C=O) groups is 1. The number of hydrogen-bond donors (Lipinski definition) is 1. The molecule has 1 aliphatic rings. The number of rotatable bonds is 4. The normalized spacial score (nSPS) is 14.5. The second kappa shape index (κ2) is 6.29. The molecule has 6 nitrogen and oxygen atoms in total. The lowest BCUT2D eigenvalue weighted by atomic mass is 10.0. The van der Waals surface area contributed by atoms with E-state index in [1.54, 1.807) is 0 Å². The van der Waals surface area contributed by atoms with E-state index >= 15 is 0 Å². The first-order valence-electron chi connectivity index (χ1n) is 8.45. The van der Waals surface area contributed by atoms with Crippen LogP contribution < -0.4 is 14.8 Å². The van der Waals surface area contributed by atoms with E-state index in [-0.39, 0.29) is 18.1 Å². The molecule has 1 amide bonds. The Bertz CT molecular complexity index is 980. The Morgan fingerprint density at radius 2 is 2.04 bits per heavy atom. The van der Waals surface area contributed by atoms with Gasteiger partial charge in [-0.2, -0.15) is 0 Å². The zero-order valence-electron chi connectivity index (χ0n) is 14.7. The molecule has 3 aromatic rings. The minimum Gasteiger partial charge on any atom is -0.483 e. The molecular weight excluding hydrogens is 330 g/mol. The number of nitrogens with zero attached hydrogens (tertiary/aromatic N) is 2. The summed E-state index contributed by atoms with van der Waals surface area (Å²) in [5.74, 6) is 1.48. The van der Waals surface area contributed by atoms with Crippen molar-refractivity contribution in [3.05, 3.63) is 54.4 Å². The van der Waals surface area contributed by atoms with Gasteiger partial charge in [-0.3, -0.25) is 4.79 Å². The Hall–Kier alpha value is -3.15. The second-order valence-corrected chi connectivity index (χ2v) is 6.86. The summed E-state index contributed by atoms with van der Waals surface area (Å²) in [6.45, 7) is 3.94. The summed E-state index contributed by atoms with van der Waals surface area (Å²) < 4.78 is 11.7. The van der Waals surface area contributed by atoms with Gasteiger partial charge in [-0.1, -0.05) is 24.3 Å². The zero-order valence-corrected chi connectivity index (χ0v) is 14.7. The van der Waals surface area contributed by atoms with Crippen LogP contribution in [-0.4, -0.2) is 28.1 Å². The fourth-order valence-electron chi connectivity index (χ4n) is 3.12. The molecule has 132 valence electrons. The molecule has 1 aliphatic heterocycles. The van der Waals surface area contributed by atoms with Gasteiger partial charge in [0.2, 0.25) is 0 Å². The van der Waals surface area contributed by atoms with Gasteiger partial charge >= 0.3 is 0 Å². The van der Waals surface area contributed by atoms with Crippen LogP contribution in [-0.2, 0) is 11.2 Å². The summed E-state index contributed by atoms with van der Waals surface area (Å²) in [5.41, 5.74) is 1.61. The lowest BCUT2D eigenvalue weighted by Gasteiger charge is -2.18. The van der Waals surface area contributed by atoms with Crippen LogP contribution >= 0.6 is 0 Å². The van der Waals surface area contributed by atoms with E-state index in [4.69, 9.17) is 9.47 Å². The number of aromatic nitrogens is 2. The molecule has 0 fully saturated rings. The number of carbonyl (C=O) groups excluding carboxylic acids is 1. The number of nitrogens with one attached hydrogen (secondary N) is 1. The Balaban J connectivity index is 1.46. The maximum absolute atomic E-state index is 12.3. The minimum absolute atomic E-state index is 0.126. The second-order valence-electron chi connectivity index (χ2n) is 6.86. The summed E-state index contributed by atoms with van der Waals surface area (Å²) in [6, 6.07) is 13.2. The van der Waals surface area contributed by atoms with Gasteiger partial charge in [-0.25, -0.2) is 9.97 Å². The van der Waals surface area contributed by atoms with E-state index < -0.39 is 0 Å². The highest BCUT2D eigenvalue weighted by Gasteiger charge is 2.32. The molecule has 0 aliphatic carbocycles. The van der Waals surface area contributed by atoms with Crippen LogP contribution in [0.1, 0.15) is 19.4 Å². The Morgan fingerprint density at radius 1 is 1.19 bits per heavy atom. The Morgan fingerprint density at radius 3 is 2.92 bits per heavy atom. The number of para-hydroxylation sites is 2. The third-order valence-corrected chi connectivity index (χ3v) is 4.21. The standard InChI is InChI=1S/C20H19N3O3/c1-20(2)10-13-6-5-9-16(18(13)26-20)25-11-17(24)23-19-14-7-3-4-8-15(14)21-12-22-19/h3-9,12H,10-11H2,1-2H3,(H,21,22,23,24). The Kier molecular flexibility index (Phi) is 3.95. The topological polar surface area (TPSA) is 73.3 Å². The summed E-state index contributed by atoms with van der Waals surface area (Å²) >= 11 is 0. The molecule has 1 aromatic heterocycles. The zero-order chi connectivity index (χ0) is 18.1. The van der Waals surface area contributed by atoms with Crippen LogP contribution in [0.2, 0.25) is 0 Å². The predicted octanol–water partition coefficient (Wildman–Crippen LogP) is 3.36. The minimum atomic E-state index is -0.288. The maximum atomic E-state index is 12.3. The van der Waals surface area contributed by atoms with E-state index in [9.17, 15) is 4.79 Å². The van der Waals surface area contributed by atoms with Crippen LogP contribution in [0.4, 0.5) is 5.82 Å². The molecule has 26 heavy (non-hydrogen) atoms. The van der Waals surface area contributed by atoms with Gasteiger partial charge in [0.1, 0.15) is 17.7 Å². The summed E-state index contributed by atoms with van der Waals surface area (Å²) in [4.78, 5) is 20.7. The molecule has 0 saturated carbocycles. The van der Waals surface area contributed by atoms with E-state index in [0.29, 0.717) is 11.6 Å². The monoisotopic (exact) mass is 349 g/mol. The highest BCUT2D eigenvalue weighted by molar-refractivity contribution is 5.99. The Labute approximate surface area is 151 Å². The van der Waals surface area contributed by atoms with Gasteiger partial charge in [0.15, 0.2) is 18.1 Å². The van der Waals surface area contributed by atoms with Crippen LogP contribution in [0.25, 0.3) is 10.9 Å². The smallest absolute Gasteiger partial charge is 0.263 e. The molecule has 0 atom stereocenters. The van der Waals surface area contributed by atoms with Crippen molar-refractivity contribution in [2.45, 2.75) is 25.9 Å². The van der Waals surface area contributed by atoms with Crippen molar-refractivity contribution in [1.82, 2.24) is 9.97 Å².